The minimum absolute atomic E-state index is 0.0116. The molecular weight excluding hydrogens is 299 g/mol. The van der Waals surface area contributed by atoms with Gasteiger partial charge in [-0.3, -0.25) is 9.59 Å². The molecule has 0 spiro atoms. The maximum Gasteiger partial charge on any atom is 0.251 e. The Balaban J connectivity index is 1.84. The highest BCUT2D eigenvalue weighted by atomic mass is 35.5. The number of carbonyl (C=O) groups excluding carboxylic acids is 2. The number of amides is 2. The lowest BCUT2D eigenvalue weighted by molar-refractivity contribution is -0.129. The molecule has 0 aliphatic heterocycles. The summed E-state index contributed by atoms with van der Waals surface area (Å²) in [5.41, 5.74) is 0.386. The van der Waals surface area contributed by atoms with Crippen molar-refractivity contribution < 1.29 is 9.59 Å². The molecule has 1 aliphatic rings. The molecule has 0 saturated heterocycles. The van der Waals surface area contributed by atoms with E-state index in [1.165, 1.54) is 18.9 Å². The molecule has 1 aromatic rings. The van der Waals surface area contributed by atoms with Gasteiger partial charge in [-0.05, 0) is 37.0 Å². The van der Waals surface area contributed by atoms with Crippen molar-refractivity contribution in [1.29, 1.82) is 0 Å². The summed E-state index contributed by atoms with van der Waals surface area (Å²) in [5.74, 6) is 0.205. The van der Waals surface area contributed by atoms with Gasteiger partial charge in [-0.2, -0.15) is 0 Å². The molecule has 0 aromatic heterocycles. The SMILES string of the molecule is CN(CC1CC1)C(=O)CNC(=O)c1ccc(Cl)c(Cl)c1. The highest BCUT2D eigenvalue weighted by molar-refractivity contribution is 6.42. The summed E-state index contributed by atoms with van der Waals surface area (Å²) in [5, 5.41) is 3.30. The average molecular weight is 315 g/mol. The number of rotatable bonds is 5. The van der Waals surface area contributed by atoms with E-state index < -0.39 is 0 Å². The van der Waals surface area contributed by atoms with E-state index in [4.69, 9.17) is 23.2 Å². The van der Waals surface area contributed by atoms with Gasteiger partial charge in [0.25, 0.3) is 5.91 Å². The standard InChI is InChI=1S/C14H16Cl2N2O2/c1-18(8-9-2-3-9)13(19)7-17-14(20)10-4-5-11(15)12(16)6-10/h4-6,9H,2-3,7-8H2,1H3,(H,17,20). The van der Waals surface area contributed by atoms with Crippen molar-refractivity contribution in [3.8, 4) is 0 Å². The van der Waals surface area contributed by atoms with Crippen LogP contribution in [0.5, 0.6) is 0 Å². The monoisotopic (exact) mass is 314 g/mol. The summed E-state index contributed by atoms with van der Waals surface area (Å²) in [7, 11) is 1.76. The van der Waals surface area contributed by atoms with Crippen molar-refractivity contribution >= 4 is 35.0 Å². The predicted octanol–water partition coefficient (Wildman–Crippen LogP) is 2.59. The highest BCUT2D eigenvalue weighted by Gasteiger charge is 2.24. The van der Waals surface area contributed by atoms with Crippen LogP contribution in [-0.4, -0.2) is 36.9 Å². The van der Waals surface area contributed by atoms with Crippen molar-refractivity contribution in [3.05, 3.63) is 33.8 Å². The van der Waals surface area contributed by atoms with Crippen LogP contribution in [0.3, 0.4) is 0 Å². The van der Waals surface area contributed by atoms with Crippen LogP contribution in [-0.2, 0) is 4.79 Å². The number of carbonyl (C=O) groups is 2. The Labute approximate surface area is 128 Å². The molecule has 1 saturated carbocycles. The minimum Gasteiger partial charge on any atom is -0.344 e. The van der Waals surface area contributed by atoms with E-state index in [0.717, 1.165) is 6.54 Å². The first-order valence-corrected chi connectivity index (χ1v) is 7.20. The van der Waals surface area contributed by atoms with Gasteiger partial charge in [0.05, 0.1) is 16.6 Å². The number of halogens is 2. The second-order valence-corrected chi connectivity index (χ2v) is 5.84. The van der Waals surface area contributed by atoms with Gasteiger partial charge < -0.3 is 10.2 Å². The summed E-state index contributed by atoms with van der Waals surface area (Å²) in [6.07, 6.45) is 2.38. The van der Waals surface area contributed by atoms with E-state index >= 15 is 0 Å². The molecule has 2 amide bonds. The molecule has 1 N–H and O–H groups in total. The fourth-order valence-electron chi connectivity index (χ4n) is 1.82. The zero-order chi connectivity index (χ0) is 14.7. The molecule has 0 atom stereocenters. The summed E-state index contributed by atoms with van der Waals surface area (Å²) < 4.78 is 0. The molecular formula is C14H16Cl2N2O2. The van der Waals surface area contributed by atoms with Crippen molar-refractivity contribution in [2.75, 3.05) is 20.1 Å². The van der Waals surface area contributed by atoms with Crippen LogP contribution in [0.2, 0.25) is 10.0 Å². The minimum atomic E-state index is -0.336. The van der Waals surface area contributed by atoms with Crippen LogP contribution in [0.25, 0.3) is 0 Å². The van der Waals surface area contributed by atoms with E-state index in [0.29, 0.717) is 21.5 Å². The van der Waals surface area contributed by atoms with Gasteiger partial charge in [0.2, 0.25) is 5.91 Å². The molecule has 1 aliphatic carbocycles. The first kappa shape index (κ1) is 15.1. The Morgan fingerprint density at radius 2 is 2.00 bits per heavy atom. The molecule has 20 heavy (non-hydrogen) atoms. The third-order valence-electron chi connectivity index (χ3n) is 3.24. The topological polar surface area (TPSA) is 49.4 Å². The lowest BCUT2D eigenvalue weighted by Gasteiger charge is -2.17. The van der Waals surface area contributed by atoms with Gasteiger partial charge in [0, 0.05) is 19.2 Å². The molecule has 4 nitrogen and oxygen atoms in total. The van der Waals surface area contributed by atoms with Gasteiger partial charge in [-0.25, -0.2) is 0 Å². The summed E-state index contributed by atoms with van der Waals surface area (Å²) in [6.45, 7) is 0.754. The summed E-state index contributed by atoms with van der Waals surface area (Å²) in [6, 6.07) is 4.61. The number of nitrogens with zero attached hydrogens (tertiary/aromatic N) is 1. The number of nitrogens with one attached hydrogen (secondary N) is 1. The van der Waals surface area contributed by atoms with Crippen LogP contribution in [0.4, 0.5) is 0 Å². The third kappa shape index (κ3) is 4.12. The third-order valence-corrected chi connectivity index (χ3v) is 3.98. The van der Waals surface area contributed by atoms with Crippen molar-refractivity contribution in [3.63, 3.8) is 0 Å². The van der Waals surface area contributed by atoms with E-state index in [9.17, 15) is 9.59 Å². The first-order chi connectivity index (χ1) is 9.47. The second-order valence-electron chi connectivity index (χ2n) is 5.03. The van der Waals surface area contributed by atoms with Crippen LogP contribution in [0, 0.1) is 5.92 Å². The highest BCUT2D eigenvalue weighted by Crippen LogP contribution is 2.29. The molecule has 0 radical (unpaired) electrons. The second kappa shape index (κ2) is 6.46. The maximum absolute atomic E-state index is 11.9. The average Bonchev–Trinajstić information content (AvgIpc) is 3.22. The van der Waals surface area contributed by atoms with E-state index in [1.54, 1.807) is 24.1 Å². The Hall–Kier alpha value is -1.26. The molecule has 1 aromatic carbocycles. The van der Waals surface area contributed by atoms with Gasteiger partial charge >= 0.3 is 0 Å². The summed E-state index contributed by atoms with van der Waals surface area (Å²) >= 11 is 11.6. The normalized spacial score (nSPS) is 13.9. The van der Waals surface area contributed by atoms with Crippen LogP contribution in [0.1, 0.15) is 23.2 Å². The van der Waals surface area contributed by atoms with Crippen LogP contribution < -0.4 is 5.32 Å². The van der Waals surface area contributed by atoms with Gasteiger partial charge in [0.15, 0.2) is 0 Å². The van der Waals surface area contributed by atoms with Gasteiger partial charge in [-0.1, -0.05) is 23.2 Å². The molecule has 2 rings (SSSR count). The quantitative estimate of drug-likeness (QED) is 0.908. The molecule has 0 heterocycles. The lowest BCUT2D eigenvalue weighted by Crippen LogP contribution is -2.39. The number of likely N-dealkylation sites (N-methyl/N-ethyl adjacent to an activating group) is 1. The van der Waals surface area contributed by atoms with Crippen LogP contribution in [0.15, 0.2) is 18.2 Å². The Kier molecular flexibility index (Phi) is 4.89. The van der Waals surface area contributed by atoms with E-state index in [2.05, 4.69) is 5.32 Å². The molecule has 0 bridgehead atoms. The van der Waals surface area contributed by atoms with Gasteiger partial charge in [-0.15, -0.1) is 0 Å². The molecule has 1 fully saturated rings. The smallest absolute Gasteiger partial charge is 0.251 e. The zero-order valence-electron chi connectivity index (χ0n) is 11.2. The number of hydrogen-bond acceptors (Lipinski definition) is 2. The Morgan fingerprint density at radius 1 is 1.30 bits per heavy atom. The van der Waals surface area contributed by atoms with E-state index in [-0.39, 0.29) is 18.4 Å². The van der Waals surface area contributed by atoms with E-state index in [1.807, 2.05) is 0 Å². The molecule has 108 valence electrons. The maximum atomic E-state index is 11.9. The predicted molar refractivity (Wildman–Crippen MR) is 79.2 cm³/mol. The first-order valence-electron chi connectivity index (χ1n) is 6.44. The zero-order valence-corrected chi connectivity index (χ0v) is 12.7. The fraction of sp³-hybridized carbons (Fsp3) is 0.429. The Morgan fingerprint density at radius 3 is 2.60 bits per heavy atom. The van der Waals surface area contributed by atoms with Crippen molar-refractivity contribution in [2.24, 2.45) is 5.92 Å². The summed E-state index contributed by atoms with van der Waals surface area (Å²) in [4.78, 5) is 25.4. The molecule has 6 heteroatoms. The van der Waals surface area contributed by atoms with Crippen LogP contribution >= 0.6 is 23.2 Å². The van der Waals surface area contributed by atoms with Crippen molar-refractivity contribution in [2.45, 2.75) is 12.8 Å². The largest absolute Gasteiger partial charge is 0.344 e. The number of hydrogen-bond donors (Lipinski definition) is 1. The number of benzene rings is 1. The van der Waals surface area contributed by atoms with Crippen molar-refractivity contribution in [1.82, 2.24) is 10.2 Å². The fourth-order valence-corrected chi connectivity index (χ4v) is 2.12. The lowest BCUT2D eigenvalue weighted by atomic mass is 10.2. The molecule has 0 unspecified atom stereocenters. The Bertz CT molecular complexity index is 530. The van der Waals surface area contributed by atoms with Gasteiger partial charge in [0.1, 0.15) is 0 Å².